The minimum atomic E-state index is -3.66. The first-order valence-corrected chi connectivity index (χ1v) is 18.1. The molecule has 0 aliphatic carbocycles. The van der Waals surface area contributed by atoms with E-state index in [9.17, 15) is 47.4 Å². The lowest BCUT2D eigenvalue weighted by Crippen LogP contribution is -2.59. The van der Waals surface area contributed by atoms with Crippen molar-refractivity contribution < 1.29 is 52.1 Å². The van der Waals surface area contributed by atoms with E-state index in [0.29, 0.717) is 11.1 Å². The van der Waals surface area contributed by atoms with Crippen molar-refractivity contribution in [2.45, 2.75) is 63.9 Å². The number of sulfone groups is 1. The van der Waals surface area contributed by atoms with E-state index < -0.39 is 88.5 Å². The molecule has 278 valence electrons. The largest absolute Gasteiger partial charge is 0.481 e. The summed E-state index contributed by atoms with van der Waals surface area (Å²) in [5.74, 6) is -6.01. The van der Waals surface area contributed by atoms with Gasteiger partial charge in [-0.1, -0.05) is 92.7 Å². The molecule has 0 saturated carbocycles. The number of carboxylic acid groups (broad SMARTS) is 2. The molecular weight excluding hydrogens is 696 g/mol. The summed E-state index contributed by atoms with van der Waals surface area (Å²) in [6.45, 7) is 3.06. The van der Waals surface area contributed by atoms with Crippen LogP contribution in [0, 0.1) is 5.92 Å². The molecule has 0 aliphatic heterocycles. The third kappa shape index (κ3) is 13.5. The van der Waals surface area contributed by atoms with Crippen LogP contribution in [0.2, 0.25) is 0 Å². The standard InChI is InChI=1S/C36H42N4O11S/c1-22(2)32(35(47)37-26(19-30(41)42)16-17-52(3,49)50)40-34(46)28(18-25-14-9-13-24-12-7-8-15-27(24)25)38-33(45)29(20-31(43)44)39-36(48)51-21-23-10-5-4-6-11-23/h4-17,22,26,28-29,32H,18-21H2,1-3H3,(H,37,47)(H,38,45)(H,39,48)(H,40,46)(H,41,42)(H,43,44). The molecular formula is C36H42N4O11S. The molecule has 0 saturated heterocycles. The van der Waals surface area contributed by atoms with E-state index in [4.69, 9.17) is 4.74 Å². The smallest absolute Gasteiger partial charge is 0.408 e. The second kappa shape index (κ2) is 19.0. The highest BCUT2D eigenvalue weighted by atomic mass is 32.2. The maximum atomic E-state index is 14.0. The predicted octanol–water partition coefficient (Wildman–Crippen LogP) is 2.30. The highest BCUT2D eigenvalue weighted by molar-refractivity contribution is 7.93. The Balaban J connectivity index is 1.89. The molecule has 52 heavy (non-hydrogen) atoms. The number of benzene rings is 3. The summed E-state index contributed by atoms with van der Waals surface area (Å²) in [6, 6.07) is 15.7. The number of alkyl carbamates (subject to hydrolysis) is 1. The molecule has 3 rings (SSSR count). The molecule has 4 amide bonds. The van der Waals surface area contributed by atoms with E-state index >= 15 is 0 Å². The number of rotatable bonds is 18. The monoisotopic (exact) mass is 738 g/mol. The van der Waals surface area contributed by atoms with Crippen LogP contribution in [-0.4, -0.2) is 84.8 Å². The quantitative estimate of drug-likeness (QED) is 0.111. The van der Waals surface area contributed by atoms with Gasteiger partial charge in [0.2, 0.25) is 17.7 Å². The third-order valence-corrected chi connectivity index (χ3v) is 8.32. The van der Waals surface area contributed by atoms with Crippen molar-refractivity contribution in [3.63, 3.8) is 0 Å². The van der Waals surface area contributed by atoms with Crippen molar-refractivity contribution in [2.75, 3.05) is 6.26 Å². The lowest BCUT2D eigenvalue weighted by atomic mass is 9.97. The van der Waals surface area contributed by atoms with Gasteiger partial charge in [-0.3, -0.25) is 24.0 Å². The topological polar surface area (TPSA) is 234 Å². The van der Waals surface area contributed by atoms with Gasteiger partial charge in [-0.15, -0.1) is 0 Å². The number of carboxylic acids is 2. The van der Waals surface area contributed by atoms with E-state index in [-0.39, 0.29) is 13.0 Å². The van der Waals surface area contributed by atoms with E-state index in [2.05, 4.69) is 21.3 Å². The average Bonchev–Trinajstić information content (AvgIpc) is 3.07. The molecule has 4 unspecified atom stereocenters. The van der Waals surface area contributed by atoms with Crippen LogP contribution >= 0.6 is 0 Å². The van der Waals surface area contributed by atoms with Crippen molar-refractivity contribution in [1.29, 1.82) is 0 Å². The zero-order valence-electron chi connectivity index (χ0n) is 28.8. The fourth-order valence-electron chi connectivity index (χ4n) is 5.12. The molecule has 6 N–H and O–H groups in total. The summed E-state index contributed by atoms with van der Waals surface area (Å²) >= 11 is 0. The summed E-state index contributed by atoms with van der Waals surface area (Å²) in [6.07, 6.45) is -0.778. The number of nitrogens with one attached hydrogen (secondary N) is 4. The van der Waals surface area contributed by atoms with Gasteiger partial charge in [0.05, 0.1) is 18.9 Å². The molecule has 4 atom stereocenters. The minimum absolute atomic E-state index is 0.123. The third-order valence-electron chi connectivity index (χ3n) is 7.66. The molecule has 0 heterocycles. The maximum absolute atomic E-state index is 14.0. The molecule has 0 aliphatic rings. The first kappa shape index (κ1) is 40.7. The highest BCUT2D eigenvalue weighted by Gasteiger charge is 2.33. The minimum Gasteiger partial charge on any atom is -0.481 e. The van der Waals surface area contributed by atoms with Crippen LogP contribution in [0.5, 0.6) is 0 Å². The van der Waals surface area contributed by atoms with Crippen LogP contribution in [0.4, 0.5) is 4.79 Å². The van der Waals surface area contributed by atoms with Gasteiger partial charge in [0.1, 0.15) is 24.7 Å². The molecule has 0 bridgehead atoms. The van der Waals surface area contributed by atoms with E-state index in [1.165, 1.54) is 0 Å². The zero-order chi connectivity index (χ0) is 38.4. The number of hydrogen-bond donors (Lipinski definition) is 6. The molecule has 0 spiro atoms. The molecule has 0 fully saturated rings. The highest BCUT2D eigenvalue weighted by Crippen LogP contribution is 2.20. The fourth-order valence-corrected chi connectivity index (χ4v) is 5.59. The zero-order valence-corrected chi connectivity index (χ0v) is 29.6. The van der Waals surface area contributed by atoms with Crippen LogP contribution in [0.1, 0.15) is 37.8 Å². The number of carbonyl (C=O) groups excluding carboxylic acids is 4. The van der Waals surface area contributed by atoms with Crippen LogP contribution in [-0.2, 0) is 51.6 Å². The van der Waals surface area contributed by atoms with Gasteiger partial charge in [0.25, 0.3) is 0 Å². The number of fused-ring (bicyclic) bond motifs is 1. The van der Waals surface area contributed by atoms with Gasteiger partial charge in [0.15, 0.2) is 9.84 Å². The van der Waals surface area contributed by atoms with Gasteiger partial charge in [-0.25, -0.2) is 13.2 Å². The first-order chi connectivity index (χ1) is 24.5. The van der Waals surface area contributed by atoms with Crippen LogP contribution in [0.15, 0.2) is 84.3 Å². The molecule has 3 aromatic rings. The number of carbonyl (C=O) groups is 6. The molecule has 0 radical (unpaired) electrons. The number of ether oxygens (including phenoxy) is 1. The summed E-state index contributed by atoms with van der Waals surface area (Å²) in [4.78, 5) is 76.7. The van der Waals surface area contributed by atoms with Crippen LogP contribution in [0.3, 0.4) is 0 Å². The molecule has 0 aromatic heterocycles. The summed E-state index contributed by atoms with van der Waals surface area (Å²) < 4.78 is 28.5. The Kier molecular flexibility index (Phi) is 14.9. The Morgan fingerprint density at radius 2 is 1.35 bits per heavy atom. The van der Waals surface area contributed by atoms with Crippen molar-refractivity contribution in [1.82, 2.24) is 21.3 Å². The van der Waals surface area contributed by atoms with Crippen LogP contribution < -0.4 is 21.3 Å². The van der Waals surface area contributed by atoms with E-state index in [1.54, 1.807) is 62.4 Å². The van der Waals surface area contributed by atoms with Gasteiger partial charge < -0.3 is 36.2 Å². The van der Waals surface area contributed by atoms with Crippen molar-refractivity contribution in [2.24, 2.45) is 5.92 Å². The Hall–Kier alpha value is -5.77. The Morgan fingerprint density at radius 3 is 1.98 bits per heavy atom. The fraction of sp³-hybridized carbons (Fsp3) is 0.333. The van der Waals surface area contributed by atoms with Crippen molar-refractivity contribution in [3.05, 3.63) is 95.4 Å². The first-order valence-electron chi connectivity index (χ1n) is 16.2. The second-order valence-electron chi connectivity index (χ2n) is 12.4. The van der Waals surface area contributed by atoms with Gasteiger partial charge >= 0.3 is 18.0 Å². The average molecular weight is 739 g/mol. The lowest BCUT2D eigenvalue weighted by molar-refractivity contribution is -0.140. The van der Waals surface area contributed by atoms with E-state index in [0.717, 1.165) is 28.5 Å². The molecule has 16 heteroatoms. The number of hydrogen-bond acceptors (Lipinski definition) is 9. The predicted molar refractivity (Wildman–Crippen MR) is 190 cm³/mol. The Bertz CT molecular complexity index is 1890. The summed E-state index contributed by atoms with van der Waals surface area (Å²) in [5.41, 5.74) is 1.27. The summed E-state index contributed by atoms with van der Waals surface area (Å²) in [7, 11) is -3.66. The van der Waals surface area contributed by atoms with Gasteiger partial charge in [0, 0.05) is 18.1 Å². The SMILES string of the molecule is CC(C)C(NC(=O)C(Cc1cccc2ccccc12)NC(=O)C(CC(=O)O)NC(=O)OCc1ccccc1)C(=O)NC(C=CS(C)(=O)=O)CC(=O)O. The lowest BCUT2D eigenvalue weighted by Gasteiger charge is -2.27. The number of amides is 4. The van der Waals surface area contributed by atoms with Crippen LogP contribution in [0.25, 0.3) is 10.8 Å². The Labute approximate surface area is 300 Å². The molecule has 15 nitrogen and oxygen atoms in total. The van der Waals surface area contributed by atoms with Crippen molar-refractivity contribution in [3.8, 4) is 0 Å². The van der Waals surface area contributed by atoms with Crippen molar-refractivity contribution >= 4 is 56.4 Å². The normalized spacial score (nSPS) is 13.8. The summed E-state index contributed by atoms with van der Waals surface area (Å²) in [5, 5.41) is 31.0. The van der Waals surface area contributed by atoms with E-state index in [1.807, 2.05) is 24.3 Å². The Morgan fingerprint density at radius 1 is 0.731 bits per heavy atom. The maximum Gasteiger partial charge on any atom is 0.408 e. The van der Waals surface area contributed by atoms with Gasteiger partial charge in [-0.2, -0.15) is 0 Å². The second-order valence-corrected chi connectivity index (χ2v) is 14.3. The molecule has 3 aromatic carbocycles. The van der Waals surface area contributed by atoms with Gasteiger partial charge in [-0.05, 0) is 27.8 Å². The number of aliphatic carboxylic acids is 2.